The van der Waals surface area contributed by atoms with Gasteiger partial charge in [-0.1, -0.05) is 31.2 Å². The van der Waals surface area contributed by atoms with Crippen molar-refractivity contribution in [2.75, 3.05) is 11.4 Å². The Labute approximate surface area is 168 Å². The fourth-order valence-electron chi connectivity index (χ4n) is 2.97. The van der Waals surface area contributed by atoms with Gasteiger partial charge in [-0.25, -0.2) is 4.79 Å². The molecule has 29 heavy (non-hydrogen) atoms. The van der Waals surface area contributed by atoms with Gasteiger partial charge in [-0.3, -0.25) is 14.9 Å². The van der Waals surface area contributed by atoms with Gasteiger partial charge in [-0.05, 0) is 35.7 Å². The van der Waals surface area contributed by atoms with E-state index >= 15 is 0 Å². The third-order valence-corrected chi connectivity index (χ3v) is 4.42. The number of nitrogens with zero attached hydrogens (tertiary/aromatic N) is 3. The zero-order valence-corrected chi connectivity index (χ0v) is 16.0. The van der Waals surface area contributed by atoms with Gasteiger partial charge in [0.15, 0.2) is 0 Å². The van der Waals surface area contributed by atoms with Gasteiger partial charge in [0.25, 0.3) is 0 Å². The van der Waals surface area contributed by atoms with Gasteiger partial charge in [0, 0.05) is 23.5 Å². The van der Waals surface area contributed by atoms with Crippen LogP contribution < -0.4 is 4.90 Å². The summed E-state index contributed by atoms with van der Waals surface area (Å²) in [5.41, 5.74) is 1.82. The zero-order valence-electron chi connectivity index (χ0n) is 16.0. The van der Waals surface area contributed by atoms with E-state index in [2.05, 4.69) is 6.07 Å². The third kappa shape index (κ3) is 5.62. The number of anilines is 1. The van der Waals surface area contributed by atoms with E-state index in [0.29, 0.717) is 28.8 Å². The van der Waals surface area contributed by atoms with Crippen LogP contribution in [0.1, 0.15) is 46.8 Å². The van der Waals surface area contributed by atoms with Crippen molar-refractivity contribution in [2.24, 2.45) is 0 Å². The van der Waals surface area contributed by atoms with E-state index in [1.165, 1.54) is 23.1 Å². The summed E-state index contributed by atoms with van der Waals surface area (Å²) in [6.45, 7) is 1.57. The van der Waals surface area contributed by atoms with E-state index < -0.39 is 10.9 Å². The molecule has 8 heteroatoms. The highest BCUT2D eigenvalue weighted by Crippen LogP contribution is 2.27. The molecule has 0 aliphatic carbocycles. The summed E-state index contributed by atoms with van der Waals surface area (Å²) in [5, 5.41) is 29.5. The molecule has 8 nitrogen and oxygen atoms in total. The zero-order chi connectivity index (χ0) is 21.4. The summed E-state index contributed by atoms with van der Waals surface area (Å²) in [7, 11) is 0. The third-order valence-electron chi connectivity index (χ3n) is 4.42. The largest absolute Gasteiger partial charge is 0.478 e. The fourth-order valence-corrected chi connectivity index (χ4v) is 2.97. The molecule has 2 rings (SSSR count). The van der Waals surface area contributed by atoms with Crippen molar-refractivity contribution >= 4 is 17.6 Å². The van der Waals surface area contributed by atoms with Crippen molar-refractivity contribution in [1.29, 1.82) is 5.26 Å². The minimum atomic E-state index is -1.16. The average Bonchev–Trinajstić information content (AvgIpc) is 2.70. The predicted molar refractivity (Wildman–Crippen MR) is 106 cm³/mol. The van der Waals surface area contributed by atoms with Crippen LogP contribution in [0.3, 0.4) is 0 Å². The lowest BCUT2D eigenvalue weighted by molar-refractivity contribution is -0.479. The van der Waals surface area contributed by atoms with Gasteiger partial charge in [0.1, 0.15) is 0 Å². The number of hydrogen-bond acceptors (Lipinski definition) is 5. The van der Waals surface area contributed by atoms with Crippen LogP contribution >= 0.6 is 0 Å². The van der Waals surface area contributed by atoms with Crippen LogP contribution in [0.25, 0.3) is 0 Å². The summed E-state index contributed by atoms with van der Waals surface area (Å²) >= 11 is 0. The first kappa shape index (κ1) is 21.6. The number of carboxylic acids is 1. The molecule has 150 valence electrons. The highest BCUT2D eigenvalue weighted by atomic mass is 16.6. The van der Waals surface area contributed by atoms with Crippen LogP contribution in [0.5, 0.6) is 0 Å². The Hall–Kier alpha value is -3.73. The Bertz CT molecular complexity index is 965. The number of nitriles is 1. The van der Waals surface area contributed by atoms with E-state index in [-0.39, 0.29) is 37.4 Å². The van der Waals surface area contributed by atoms with E-state index in [4.69, 9.17) is 0 Å². The van der Waals surface area contributed by atoms with Crippen molar-refractivity contribution in [3.05, 3.63) is 74.8 Å². The molecule has 1 N–H and O–H groups in total. The Balaban J connectivity index is 2.57. The molecule has 2 aromatic carbocycles. The molecule has 0 heterocycles. The van der Waals surface area contributed by atoms with Crippen LogP contribution in [0.4, 0.5) is 5.69 Å². The predicted octanol–water partition coefficient (Wildman–Crippen LogP) is 3.41. The van der Waals surface area contributed by atoms with Crippen molar-refractivity contribution in [1.82, 2.24) is 0 Å². The maximum Gasteiger partial charge on any atom is 0.335 e. The molecule has 0 saturated heterocycles. The number of carbonyl (C=O) groups is 2. The first-order valence-corrected chi connectivity index (χ1v) is 9.13. The van der Waals surface area contributed by atoms with E-state index in [1.807, 2.05) is 6.92 Å². The average molecular weight is 395 g/mol. The first-order valence-electron chi connectivity index (χ1n) is 9.13. The molecule has 0 aliphatic heterocycles. The van der Waals surface area contributed by atoms with E-state index in [9.17, 15) is 30.1 Å². The molecule has 0 unspecified atom stereocenters. The van der Waals surface area contributed by atoms with Gasteiger partial charge in [0.05, 0.1) is 23.7 Å². The van der Waals surface area contributed by atoms with Crippen LogP contribution in [0.15, 0.2) is 42.5 Å². The van der Waals surface area contributed by atoms with Crippen LogP contribution in [-0.4, -0.2) is 28.5 Å². The quantitative estimate of drug-likeness (QED) is 0.512. The topological polar surface area (TPSA) is 125 Å². The molecule has 0 aliphatic rings. The van der Waals surface area contributed by atoms with Gasteiger partial charge >= 0.3 is 5.97 Å². The maximum atomic E-state index is 12.9. The number of nitro groups is 1. The molecule has 0 radical (unpaired) electrons. The number of amides is 1. The molecule has 0 aromatic heterocycles. The molecule has 0 spiro atoms. The van der Waals surface area contributed by atoms with Gasteiger partial charge in [-0.15, -0.1) is 0 Å². The molecule has 0 bridgehead atoms. The van der Waals surface area contributed by atoms with E-state index in [1.54, 1.807) is 24.3 Å². The van der Waals surface area contributed by atoms with Crippen molar-refractivity contribution in [3.8, 4) is 6.07 Å². The Morgan fingerprint density at radius 2 is 1.93 bits per heavy atom. The Morgan fingerprint density at radius 3 is 2.55 bits per heavy atom. The number of benzene rings is 2. The second kappa shape index (κ2) is 9.99. The fraction of sp³-hybridized carbons (Fsp3) is 0.286. The van der Waals surface area contributed by atoms with Crippen LogP contribution in [0, 0.1) is 21.4 Å². The Morgan fingerprint density at radius 1 is 1.21 bits per heavy atom. The van der Waals surface area contributed by atoms with E-state index in [0.717, 1.165) is 0 Å². The van der Waals surface area contributed by atoms with Crippen molar-refractivity contribution < 1.29 is 19.6 Å². The second-order valence-corrected chi connectivity index (χ2v) is 6.45. The molecule has 2 aromatic rings. The summed E-state index contributed by atoms with van der Waals surface area (Å²) in [5.74, 6) is -1.41. The van der Waals surface area contributed by atoms with Gasteiger partial charge < -0.3 is 10.0 Å². The van der Waals surface area contributed by atoms with Crippen LogP contribution in [-0.2, 0) is 17.8 Å². The highest BCUT2D eigenvalue weighted by Gasteiger charge is 2.22. The first-order chi connectivity index (χ1) is 13.9. The van der Waals surface area contributed by atoms with Crippen molar-refractivity contribution in [3.63, 3.8) is 0 Å². The van der Waals surface area contributed by atoms with Gasteiger partial charge in [-0.2, -0.15) is 5.26 Å². The molecular weight excluding hydrogens is 374 g/mol. The molecule has 1 amide bonds. The number of carbonyl (C=O) groups excluding carboxylic acids is 1. The summed E-state index contributed by atoms with van der Waals surface area (Å²) in [6, 6.07) is 13.1. The standard InChI is InChI=1S/C21H21N3O5/c1-2-5-20(25)23(14-18-7-4-3-6-17(18)13-22)19-12-16(21(26)27)9-8-15(19)10-11-24(28)29/h3-4,6-9,12H,2,5,10-11,14H2,1H3,(H,26,27). The highest BCUT2D eigenvalue weighted by molar-refractivity contribution is 5.96. The molecular formula is C21H21N3O5. The maximum absolute atomic E-state index is 12.9. The normalized spacial score (nSPS) is 10.2. The number of hydrogen-bond donors (Lipinski definition) is 1. The minimum Gasteiger partial charge on any atom is -0.478 e. The summed E-state index contributed by atoms with van der Waals surface area (Å²) < 4.78 is 0. The van der Waals surface area contributed by atoms with Crippen molar-refractivity contribution in [2.45, 2.75) is 32.7 Å². The molecule has 0 atom stereocenters. The lowest BCUT2D eigenvalue weighted by Gasteiger charge is -2.26. The SMILES string of the molecule is CCCC(=O)N(Cc1ccccc1C#N)c1cc(C(=O)O)ccc1CC[N+](=O)[O-]. The van der Waals surface area contributed by atoms with Gasteiger partial charge in [0.2, 0.25) is 12.5 Å². The number of rotatable bonds is 9. The minimum absolute atomic E-state index is 0.0206. The second-order valence-electron chi connectivity index (χ2n) is 6.45. The summed E-state index contributed by atoms with van der Waals surface area (Å²) in [4.78, 5) is 36.1. The molecule has 0 fully saturated rings. The molecule has 0 saturated carbocycles. The number of carboxylic acid groups (broad SMARTS) is 1. The lowest BCUT2D eigenvalue weighted by atomic mass is 10.0. The lowest BCUT2D eigenvalue weighted by Crippen LogP contribution is -2.31. The monoisotopic (exact) mass is 395 g/mol. The Kier molecular flexibility index (Phi) is 7.43. The number of aromatic carboxylic acids is 1. The summed E-state index contributed by atoms with van der Waals surface area (Å²) in [6.07, 6.45) is 0.858. The van der Waals surface area contributed by atoms with Crippen LogP contribution in [0.2, 0.25) is 0 Å². The smallest absolute Gasteiger partial charge is 0.335 e.